The third-order valence-corrected chi connectivity index (χ3v) is 3.02. The van der Waals surface area contributed by atoms with Crippen LogP contribution in [0.3, 0.4) is 0 Å². The van der Waals surface area contributed by atoms with Gasteiger partial charge in [0.15, 0.2) is 0 Å². The fraction of sp³-hybridized carbons (Fsp3) is 0.833. The van der Waals surface area contributed by atoms with Crippen molar-refractivity contribution < 1.29 is 0 Å². The second-order valence-corrected chi connectivity index (χ2v) is 4.51. The van der Waals surface area contributed by atoms with Gasteiger partial charge in [0.2, 0.25) is 0 Å². The number of hydrogen-bond acceptors (Lipinski definition) is 3. The van der Waals surface area contributed by atoms with Gasteiger partial charge in [-0.05, 0) is 12.3 Å². The average molecular weight is 224 g/mol. The van der Waals surface area contributed by atoms with Crippen molar-refractivity contribution in [3.8, 4) is 0 Å². The number of aromatic nitrogens is 3. The van der Waals surface area contributed by atoms with E-state index in [9.17, 15) is 0 Å². The fourth-order valence-corrected chi connectivity index (χ4v) is 1.96. The Hall–Kier alpha value is -0.900. The van der Waals surface area contributed by atoms with Crippen molar-refractivity contribution in [1.82, 2.24) is 20.1 Å². The minimum absolute atomic E-state index is 0.613. The quantitative estimate of drug-likeness (QED) is 0.769. The highest BCUT2D eigenvalue weighted by Crippen LogP contribution is 2.05. The van der Waals surface area contributed by atoms with Gasteiger partial charge in [-0.25, -0.2) is 0 Å². The summed E-state index contributed by atoms with van der Waals surface area (Å²) in [4.78, 5) is 0. The van der Waals surface area contributed by atoms with Gasteiger partial charge in [0.25, 0.3) is 0 Å². The molecule has 4 heteroatoms. The number of aryl methyl sites for hydroxylation is 1. The van der Waals surface area contributed by atoms with E-state index in [2.05, 4.69) is 47.8 Å². The predicted octanol–water partition coefficient (Wildman–Crippen LogP) is 1.86. The summed E-state index contributed by atoms with van der Waals surface area (Å²) in [6.45, 7) is 10.8. The molecule has 0 saturated carbocycles. The van der Waals surface area contributed by atoms with Crippen molar-refractivity contribution in [1.29, 1.82) is 0 Å². The molecule has 1 aromatic heterocycles. The Balaban J connectivity index is 2.35. The molecule has 0 amide bonds. The Morgan fingerprint density at radius 2 is 2.12 bits per heavy atom. The molecule has 0 saturated heterocycles. The van der Waals surface area contributed by atoms with Gasteiger partial charge in [0.05, 0.1) is 0 Å². The first-order chi connectivity index (χ1) is 7.69. The van der Waals surface area contributed by atoms with Crippen LogP contribution in [0.5, 0.6) is 0 Å². The van der Waals surface area contributed by atoms with Crippen LogP contribution in [0.4, 0.5) is 0 Å². The fourth-order valence-electron chi connectivity index (χ4n) is 1.96. The van der Waals surface area contributed by atoms with Crippen molar-refractivity contribution in [2.24, 2.45) is 5.92 Å². The van der Waals surface area contributed by atoms with Gasteiger partial charge >= 0.3 is 0 Å². The van der Waals surface area contributed by atoms with Crippen LogP contribution in [0.1, 0.15) is 39.9 Å². The number of nitrogens with zero attached hydrogens (tertiary/aromatic N) is 3. The second-order valence-electron chi connectivity index (χ2n) is 4.51. The topological polar surface area (TPSA) is 42.7 Å². The monoisotopic (exact) mass is 224 g/mol. The van der Waals surface area contributed by atoms with Crippen molar-refractivity contribution in [3.05, 3.63) is 12.2 Å². The van der Waals surface area contributed by atoms with Crippen LogP contribution in [0.25, 0.3) is 0 Å². The van der Waals surface area contributed by atoms with Crippen molar-refractivity contribution >= 4 is 0 Å². The number of rotatable bonds is 7. The zero-order valence-corrected chi connectivity index (χ0v) is 10.9. The van der Waals surface area contributed by atoms with E-state index in [1.807, 2.05) is 6.33 Å². The smallest absolute Gasteiger partial charge is 0.132 e. The predicted molar refractivity (Wildman–Crippen MR) is 66.3 cm³/mol. The molecular formula is C12H24N4. The van der Waals surface area contributed by atoms with Crippen molar-refractivity contribution in [2.45, 2.75) is 53.1 Å². The molecule has 4 nitrogen and oxygen atoms in total. The molecule has 1 aromatic rings. The maximum absolute atomic E-state index is 4.07. The normalized spacial score (nSPS) is 13.3. The van der Waals surface area contributed by atoms with Crippen LogP contribution in [0.15, 0.2) is 6.33 Å². The van der Waals surface area contributed by atoms with Crippen molar-refractivity contribution in [2.75, 3.05) is 6.54 Å². The van der Waals surface area contributed by atoms with Gasteiger partial charge in [-0.2, -0.15) is 0 Å². The molecule has 1 unspecified atom stereocenters. The maximum Gasteiger partial charge on any atom is 0.132 e. The van der Waals surface area contributed by atoms with Crippen LogP contribution in [0, 0.1) is 5.92 Å². The minimum atomic E-state index is 0.613. The molecule has 0 aromatic carbocycles. The second kappa shape index (κ2) is 6.63. The summed E-state index contributed by atoms with van der Waals surface area (Å²) in [5, 5.41) is 11.6. The van der Waals surface area contributed by atoms with Crippen LogP contribution in [-0.2, 0) is 13.0 Å². The lowest BCUT2D eigenvalue weighted by Crippen LogP contribution is -2.35. The molecule has 1 heterocycles. The summed E-state index contributed by atoms with van der Waals surface area (Å²) in [5.41, 5.74) is 0. The van der Waals surface area contributed by atoms with Gasteiger partial charge in [0.1, 0.15) is 12.2 Å². The van der Waals surface area contributed by atoms with Gasteiger partial charge in [-0.1, -0.05) is 27.7 Å². The van der Waals surface area contributed by atoms with Gasteiger partial charge in [0, 0.05) is 25.6 Å². The number of nitrogens with one attached hydrogen (secondary N) is 1. The van der Waals surface area contributed by atoms with E-state index >= 15 is 0 Å². The minimum Gasteiger partial charge on any atom is -0.316 e. The van der Waals surface area contributed by atoms with Gasteiger partial charge in [-0.3, -0.25) is 0 Å². The SMILES string of the molecule is CCc1nncn1CCNC(CC)C(C)C. The largest absolute Gasteiger partial charge is 0.316 e. The molecule has 16 heavy (non-hydrogen) atoms. The molecule has 0 aliphatic carbocycles. The lowest BCUT2D eigenvalue weighted by atomic mass is 10.0. The molecule has 1 rings (SSSR count). The Morgan fingerprint density at radius 1 is 1.38 bits per heavy atom. The summed E-state index contributed by atoms with van der Waals surface area (Å²) in [6.07, 6.45) is 3.94. The lowest BCUT2D eigenvalue weighted by Gasteiger charge is -2.20. The molecule has 1 atom stereocenters. The molecule has 0 aliphatic rings. The highest BCUT2D eigenvalue weighted by Gasteiger charge is 2.09. The van der Waals surface area contributed by atoms with Crippen LogP contribution >= 0.6 is 0 Å². The van der Waals surface area contributed by atoms with E-state index in [0.29, 0.717) is 12.0 Å². The molecule has 92 valence electrons. The first kappa shape index (κ1) is 13.2. The zero-order valence-electron chi connectivity index (χ0n) is 10.9. The molecule has 0 fully saturated rings. The third kappa shape index (κ3) is 3.59. The Bertz CT molecular complexity index is 293. The Kier molecular flexibility index (Phi) is 5.46. The van der Waals surface area contributed by atoms with E-state index in [-0.39, 0.29) is 0 Å². The molecule has 0 spiro atoms. The lowest BCUT2D eigenvalue weighted by molar-refractivity contribution is 0.380. The van der Waals surface area contributed by atoms with Crippen LogP contribution in [-0.4, -0.2) is 27.4 Å². The van der Waals surface area contributed by atoms with Gasteiger partial charge in [-0.15, -0.1) is 10.2 Å². The highest BCUT2D eigenvalue weighted by molar-refractivity contribution is 4.84. The Morgan fingerprint density at radius 3 is 2.69 bits per heavy atom. The summed E-state index contributed by atoms with van der Waals surface area (Å²) in [7, 11) is 0. The standard InChI is InChI=1S/C12H24N4/c1-5-11(10(3)4)13-7-8-16-9-14-15-12(16)6-2/h9-11,13H,5-8H2,1-4H3. The summed E-state index contributed by atoms with van der Waals surface area (Å²) >= 11 is 0. The van der Waals surface area contributed by atoms with E-state index < -0.39 is 0 Å². The molecule has 0 bridgehead atoms. The molecule has 1 N–H and O–H groups in total. The van der Waals surface area contributed by atoms with Crippen LogP contribution < -0.4 is 5.32 Å². The number of hydrogen-bond donors (Lipinski definition) is 1. The summed E-state index contributed by atoms with van der Waals surface area (Å²) in [5.74, 6) is 1.76. The third-order valence-electron chi connectivity index (χ3n) is 3.02. The maximum atomic E-state index is 4.07. The summed E-state index contributed by atoms with van der Waals surface area (Å²) in [6, 6.07) is 0.613. The highest BCUT2D eigenvalue weighted by atomic mass is 15.3. The average Bonchev–Trinajstić information content (AvgIpc) is 2.71. The Labute approximate surface area is 98.5 Å². The first-order valence-corrected chi connectivity index (χ1v) is 6.29. The first-order valence-electron chi connectivity index (χ1n) is 6.29. The van der Waals surface area contributed by atoms with Crippen LogP contribution in [0.2, 0.25) is 0 Å². The van der Waals surface area contributed by atoms with E-state index in [1.54, 1.807) is 0 Å². The molecular weight excluding hydrogens is 200 g/mol. The van der Waals surface area contributed by atoms with E-state index in [1.165, 1.54) is 6.42 Å². The van der Waals surface area contributed by atoms with E-state index in [0.717, 1.165) is 25.3 Å². The van der Waals surface area contributed by atoms with Gasteiger partial charge < -0.3 is 9.88 Å². The molecule has 0 aliphatic heterocycles. The van der Waals surface area contributed by atoms with Crippen molar-refractivity contribution in [3.63, 3.8) is 0 Å². The summed E-state index contributed by atoms with van der Waals surface area (Å²) < 4.78 is 2.13. The zero-order chi connectivity index (χ0) is 12.0. The van der Waals surface area contributed by atoms with E-state index in [4.69, 9.17) is 0 Å². The molecule has 0 radical (unpaired) electrons.